The Balaban J connectivity index is 3.25. The minimum Gasteiger partial charge on any atom is -0.391 e. The SMILES string of the molecule is C[C@H](COC[C@@H](C)O)OC[C@@H](C)O. The summed E-state index contributed by atoms with van der Waals surface area (Å²) in [7, 11) is 0. The van der Waals surface area contributed by atoms with Gasteiger partial charge in [0.15, 0.2) is 0 Å². The van der Waals surface area contributed by atoms with Crippen molar-refractivity contribution in [1.29, 1.82) is 0 Å². The van der Waals surface area contributed by atoms with Crippen LogP contribution in [0.3, 0.4) is 0 Å². The molecule has 0 aliphatic rings. The molecule has 0 aromatic rings. The van der Waals surface area contributed by atoms with Crippen LogP contribution in [0.2, 0.25) is 0 Å². The van der Waals surface area contributed by atoms with Crippen molar-refractivity contribution >= 4 is 0 Å². The van der Waals surface area contributed by atoms with Crippen LogP contribution in [-0.4, -0.2) is 48.3 Å². The zero-order chi connectivity index (χ0) is 10.3. The van der Waals surface area contributed by atoms with Crippen LogP contribution in [-0.2, 0) is 9.47 Å². The second-order valence-electron chi connectivity index (χ2n) is 3.38. The van der Waals surface area contributed by atoms with Crippen molar-refractivity contribution in [3.63, 3.8) is 0 Å². The smallest absolute Gasteiger partial charge is 0.0781 e. The summed E-state index contributed by atoms with van der Waals surface area (Å²) in [6.45, 7) is 6.29. The molecule has 0 radical (unpaired) electrons. The highest BCUT2D eigenvalue weighted by Crippen LogP contribution is 1.95. The van der Waals surface area contributed by atoms with Crippen LogP contribution in [0.25, 0.3) is 0 Å². The first-order valence-electron chi connectivity index (χ1n) is 4.57. The maximum atomic E-state index is 8.91. The Labute approximate surface area is 79.5 Å². The summed E-state index contributed by atoms with van der Waals surface area (Å²) in [4.78, 5) is 0. The predicted octanol–water partition coefficient (Wildman–Crippen LogP) is 0.170. The van der Waals surface area contributed by atoms with Gasteiger partial charge in [0.2, 0.25) is 0 Å². The Kier molecular flexibility index (Phi) is 7.17. The molecule has 13 heavy (non-hydrogen) atoms. The van der Waals surface area contributed by atoms with Crippen LogP contribution >= 0.6 is 0 Å². The molecule has 80 valence electrons. The monoisotopic (exact) mass is 192 g/mol. The van der Waals surface area contributed by atoms with Gasteiger partial charge in [-0.3, -0.25) is 0 Å². The lowest BCUT2D eigenvalue weighted by atomic mass is 10.4. The molecule has 2 N–H and O–H groups in total. The van der Waals surface area contributed by atoms with Crippen molar-refractivity contribution in [2.45, 2.75) is 39.1 Å². The Hall–Kier alpha value is -0.160. The average Bonchev–Trinajstić information content (AvgIpc) is 2.00. The third-order valence-electron chi connectivity index (χ3n) is 1.33. The van der Waals surface area contributed by atoms with E-state index in [0.29, 0.717) is 19.8 Å². The first-order valence-corrected chi connectivity index (χ1v) is 4.57. The number of hydrogen-bond donors (Lipinski definition) is 2. The second-order valence-corrected chi connectivity index (χ2v) is 3.38. The molecule has 0 rings (SSSR count). The first-order chi connectivity index (χ1) is 6.02. The molecular weight excluding hydrogens is 172 g/mol. The molecule has 0 aliphatic heterocycles. The van der Waals surface area contributed by atoms with Crippen molar-refractivity contribution in [3.05, 3.63) is 0 Å². The van der Waals surface area contributed by atoms with Crippen LogP contribution in [0, 0.1) is 0 Å². The third-order valence-corrected chi connectivity index (χ3v) is 1.33. The quantitative estimate of drug-likeness (QED) is 0.603. The summed E-state index contributed by atoms with van der Waals surface area (Å²) in [5.41, 5.74) is 0. The van der Waals surface area contributed by atoms with Crippen LogP contribution in [0.15, 0.2) is 0 Å². The number of hydrogen-bond acceptors (Lipinski definition) is 4. The van der Waals surface area contributed by atoms with E-state index in [1.165, 1.54) is 0 Å². The van der Waals surface area contributed by atoms with Crippen LogP contribution in [0.5, 0.6) is 0 Å². The van der Waals surface area contributed by atoms with E-state index < -0.39 is 12.2 Å². The van der Waals surface area contributed by atoms with Crippen molar-refractivity contribution < 1.29 is 19.7 Å². The van der Waals surface area contributed by atoms with Gasteiger partial charge in [0.05, 0.1) is 38.1 Å². The summed E-state index contributed by atoms with van der Waals surface area (Å²) in [5, 5.41) is 17.8. The van der Waals surface area contributed by atoms with Crippen LogP contribution in [0.4, 0.5) is 0 Å². The zero-order valence-electron chi connectivity index (χ0n) is 8.56. The van der Waals surface area contributed by atoms with Gasteiger partial charge in [-0.2, -0.15) is 0 Å². The fraction of sp³-hybridized carbons (Fsp3) is 1.00. The minimum absolute atomic E-state index is 0.0478. The van der Waals surface area contributed by atoms with Gasteiger partial charge in [0, 0.05) is 0 Å². The summed E-state index contributed by atoms with van der Waals surface area (Å²) >= 11 is 0. The van der Waals surface area contributed by atoms with E-state index in [1.807, 2.05) is 6.92 Å². The van der Waals surface area contributed by atoms with Crippen LogP contribution in [0.1, 0.15) is 20.8 Å². The van der Waals surface area contributed by atoms with Crippen molar-refractivity contribution in [2.24, 2.45) is 0 Å². The molecule has 0 aliphatic carbocycles. The lowest BCUT2D eigenvalue weighted by Gasteiger charge is -2.15. The molecule has 0 aromatic heterocycles. The van der Waals surface area contributed by atoms with Gasteiger partial charge in [-0.05, 0) is 20.8 Å². The molecule has 3 atom stereocenters. The van der Waals surface area contributed by atoms with Gasteiger partial charge in [0.25, 0.3) is 0 Å². The van der Waals surface area contributed by atoms with E-state index in [2.05, 4.69) is 0 Å². The molecule has 0 heterocycles. The number of rotatable bonds is 7. The minimum atomic E-state index is -0.445. The number of ether oxygens (including phenoxy) is 2. The lowest BCUT2D eigenvalue weighted by Crippen LogP contribution is -2.23. The molecule has 0 fully saturated rings. The first kappa shape index (κ1) is 12.8. The van der Waals surface area contributed by atoms with Gasteiger partial charge >= 0.3 is 0 Å². The maximum Gasteiger partial charge on any atom is 0.0781 e. The second kappa shape index (κ2) is 7.26. The lowest BCUT2D eigenvalue weighted by molar-refractivity contribution is -0.0492. The summed E-state index contributed by atoms with van der Waals surface area (Å²) in [6, 6.07) is 0. The third kappa shape index (κ3) is 9.76. The molecule has 0 saturated carbocycles. The maximum absolute atomic E-state index is 8.91. The fourth-order valence-electron chi connectivity index (χ4n) is 0.756. The molecule has 0 bridgehead atoms. The highest BCUT2D eigenvalue weighted by Gasteiger charge is 2.05. The zero-order valence-corrected chi connectivity index (χ0v) is 8.56. The topological polar surface area (TPSA) is 58.9 Å². The normalized spacial score (nSPS) is 18.2. The van der Waals surface area contributed by atoms with Gasteiger partial charge < -0.3 is 19.7 Å². The van der Waals surface area contributed by atoms with E-state index in [4.69, 9.17) is 19.7 Å². The van der Waals surface area contributed by atoms with Gasteiger partial charge in [0.1, 0.15) is 0 Å². The average molecular weight is 192 g/mol. The molecule has 0 unspecified atom stereocenters. The molecule has 4 nitrogen and oxygen atoms in total. The molecule has 0 aromatic carbocycles. The van der Waals surface area contributed by atoms with Crippen molar-refractivity contribution in [1.82, 2.24) is 0 Å². The predicted molar refractivity (Wildman–Crippen MR) is 49.6 cm³/mol. The Morgan fingerprint density at radius 1 is 0.923 bits per heavy atom. The largest absolute Gasteiger partial charge is 0.391 e. The van der Waals surface area contributed by atoms with E-state index in [9.17, 15) is 0 Å². The van der Waals surface area contributed by atoms with Crippen molar-refractivity contribution in [3.8, 4) is 0 Å². The van der Waals surface area contributed by atoms with Gasteiger partial charge in [-0.15, -0.1) is 0 Å². The van der Waals surface area contributed by atoms with Gasteiger partial charge in [-0.25, -0.2) is 0 Å². The van der Waals surface area contributed by atoms with E-state index in [0.717, 1.165) is 0 Å². The number of aliphatic hydroxyl groups excluding tert-OH is 2. The van der Waals surface area contributed by atoms with E-state index in [-0.39, 0.29) is 6.10 Å². The van der Waals surface area contributed by atoms with E-state index >= 15 is 0 Å². The Bertz CT molecular complexity index is 114. The standard InChI is InChI=1S/C9H20O4/c1-7(10)4-12-6-9(3)13-5-8(2)11/h7-11H,4-6H2,1-3H3/t7-,8-,9-/m1/s1. The summed E-state index contributed by atoms with van der Waals surface area (Å²) in [5.74, 6) is 0. The molecule has 0 saturated heterocycles. The molecule has 0 amide bonds. The fourth-order valence-corrected chi connectivity index (χ4v) is 0.756. The van der Waals surface area contributed by atoms with Gasteiger partial charge in [-0.1, -0.05) is 0 Å². The van der Waals surface area contributed by atoms with Crippen molar-refractivity contribution in [2.75, 3.05) is 19.8 Å². The highest BCUT2D eigenvalue weighted by atomic mass is 16.5. The molecular formula is C9H20O4. The van der Waals surface area contributed by atoms with E-state index in [1.54, 1.807) is 13.8 Å². The Morgan fingerprint density at radius 3 is 1.92 bits per heavy atom. The summed E-state index contributed by atoms with van der Waals surface area (Å²) in [6.07, 6.45) is -0.934. The number of aliphatic hydroxyl groups is 2. The molecule has 0 spiro atoms. The molecule has 4 heteroatoms. The Morgan fingerprint density at radius 2 is 1.46 bits per heavy atom. The summed E-state index contributed by atoms with van der Waals surface area (Å²) < 4.78 is 10.4. The van der Waals surface area contributed by atoms with Crippen LogP contribution < -0.4 is 0 Å². The highest BCUT2D eigenvalue weighted by molar-refractivity contribution is 4.51.